The molecule has 2 aromatic carbocycles. The molecular formula is C22H29N3O4S. The van der Waals surface area contributed by atoms with Gasteiger partial charge in [0.2, 0.25) is 5.88 Å². The summed E-state index contributed by atoms with van der Waals surface area (Å²) in [4.78, 5) is 2.34. The molecule has 0 amide bonds. The number of hydrogen-bond donors (Lipinski definition) is 1. The molecule has 8 heteroatoms. The predicted octanol–water partition coefficient (Wildman–Crippen LogP) is 3.76. The fourth-order valence-electron chi connectivity index (χ4n) is 2.80. The highest BCUT2D eigenvalue weighted by Crippen LogP contribution is 2.29. The van der Waals surface area contributed by atoms with E-state index >= 15 is 0 Å². The van der Waals surface area contributed by atoms with Gasteiger partial charge in [0.1, 0.15) is 6.61 Å². The van der Waals surface area contributed by atoms with Crippen molar-refractivity contribution in [2.24, 2.45) is 0 Å². The average Bonchev–Trinajstić information content (AvgIpc) is 3.15. The van der Waals surface area contributed by atoms with E-state index in [0.29, 0.717) is 18.7 Å². The summed E-state index contributed by atoms with van der Waals surface area (Å²) in [5.74, 6) is 0.683. The van der Waals surface area contributed by atoms with Gasteiger partial charge in [-0.3, -0.25) is 4.55 Å². The fraction of sp³-hybridized carbons (Fsp3) is 0.318. The van der Waals surface area contributed by atoms with Crippen molar-refractivity contribution < 1.29 is 17.7 Å². The second kappa shape index (κ2) is 11.5. The summed E-state index contributed by atoms with van der Waals surface area (Å²) in [5, 5.41) is 4.68. The van der Waals surface area contributed by atoms with Crippen molar-refractivity contribution in [1.29, 1.82) is 0 Å². The summed E-state index contributed by atoms with van der Waals surface area (Å²) < 4.78 is 33.8. The molecular weight excluding hydrogens is 402 g/mol. The summed E-state index contributed by atoms with van der Waals surface area (Å²) >= 11 is 0. The monoisotopic (exact) mass is 431 g/mol. The van der Waals surface area contributed by atoms with Gasteiger partial charge in [0.15, 0.2) is 0 Å². The van der Waals surface area contributed by atoms with Crippen LogP contribution in [-0.2, 0) is 10.1 Å². The minimum Gasteiger partial charge on any atom is -0.475 e. The van der Waals surface area contributed by atoms with Crippen LogP contribution >= 0.6 is 0 Å². The standard InChI is InChI=1S/C21H25N3O.CH4O3S/c1-3-23(4-2)15-16-25-21-20(18-11-7-5-8-12-18)17-24(22-21)19-13-9-6-10-14-19;1-5(2,3)4/h5-14,17H,3-4,15-16H2,1-2H3;1H3,(H,2,3,4). The Hall–Kier alpha value is -2.68. The van der Waals surface area contributed by atoms with Crippen molar-refractivity contribution >= 4 is 10.1 Å². The fourth-order valence-corrected chi connectivity index (χ4v) is 2.80. The van der Waals surface area contributed by atoms with E-state index in [-0.39, 0.29) is 0 Å². The zero-order chi connectivity index (χ0) is 22.0. The number of aromatic nitrogens is 2. The number of benzene rings is 2. The van der Waals surface area contributed by atoms with Crippen LogP contribution in [0.5, 0.6) is 5.88 Å². The summed E-state index contributed by atoms with van der Waals surface area (Å²) in [7, 11) is -3.67. The molecule has 3 aromatic rings. The maximum atomic E-state index is 9.19. The molecule has 0 unspecified atom stereocenters. The van der Waals surface area contributed by atoms with Crippen LogP contribution < -0.4 is 4.74 Å². The van der Waals surface area contributed by atoms with E-state index in [1.165, 1.54) is 0 Å². The first-order chi connectivity index (χ1) is 14.3. The van der Waals surface area contributed by atoms with E-state index in [1.807, 2.05) is 59.4 Å². The van der Waals surface area contributed by atoms with Crippen molar-refractivity contribution in [3.05, 3.63) is 66.9 Å². The van der Waals surface area contributed by atoms with Crippen molar-refractivity contribution in [2.75, 3.05) is 32.5 Å². The molecule has 0 aliphatic heterocycles. The average molecular weight is 432 g/mol. The third-order valence-corrected chi connectivity index (χ3v) is 4.33. The molecule has 0 aliphatic rings. The van der Waals surface area contributed by atoms with Gasteiger partial charge in [-0.15, -0.1) is 5.10 Å². The molecule has 3 rings (SSSR count). The largest absolute Gasteiger partial charge is 0.475 e. The lowest BCUT2D eigenvalue weighted by atomic mass is 10.1. The van der Waals surface area contributed by atoms with Crippen LogP contribution in [0.3, 0.4) is 0 Å². The van der Waals surface area contributed by atoms with Gasteiger partial charge in [-0.1, -0.05) is 62.4 Å². The number of para-hydroxylation sites is 1. The normalized spacial score (nSPS) is 11.1. The molecule has 1 N–H and O–H groups in total. The van der Waals surface area contributed by atoms with Gasteiger partial charge < -0.3 is 9.64 Å². The van der Waals surface area contributed by atoms with Crippen LogP contribution in [0.2, 0.25) is 0 Å². The summed E-state index contributed by atoms with van der Waals surface area (Å²) in [6, 6.07) is 20.4. The van der Waals surface area contributed by atoms with Gasteiger partial charge in [-0.05, 0) is 30.8 Å². The highest BCUT2D eigenvalue weighted by Gasteiger charge is 2.13. The molecule has 0 atom stereocenters. The second-order valence-electron chi connectivity index (χ2n) is 6.60. The summed E-state index contributed by atoms with van der Waals surface area (Å²) in [5.41, 5.74) is 3.16. The molecule has 7 nitrogen and oxygen atoms in total. The number of ether oxygens (including phenoxy) is 1. The Bertz CT molecular complexity index is 978. The smallest absolute Gasteiger partial charge is 0.261 e. The maximum Gasteiger partial charge on any atom is 0.261 e. The van der Waals surface area contributed by atoms with Crippen LogP contribution in [0.25, 0.3) is 16.8 Å². The molecule has 30 heavy (non-hydrogen) atoms. The lowest BCUT2D eigenvalue weighted by molar-refractivity contribution is 0.218. The first-order valence-electron chi connectivity index (χ1n) is 9.80. The maximum absolute atomic E-state index is 9.19. The number of nitrogens with zero attached hydrogens (tertiary/aromatic N) is 3. The van der Waals surface area contributed by atoms with Crippen molar-refractivity contribution in [3.8, 4) is 22.7 Å². The number of likely N-dealkylation sites (N-methyl/N-ethyl adjacent to an activating group) is 1. The van der Waals surface area contributed by atoms with E-state index in [2.05, 4.69) is 36.0 Å². The van der Waals surface area contributed by atoms with Gasteiger partial charge >= 0.3 is 0 Å². The molecule has 1 aromatic heterocycles. The van der Waals surface area contributed by atoms with Crippen LogP contribution in [0.4, 0.5) is 0 Å². The lowest BCUT2D eigenvalue weighted by Gasteiger charge is -2.17. The molecule has 0 spiro atoms. The molecule has 1 heterocycles. The SMILES string of the molecule is CCN(CC)CCOc1nn(-c2ccccc2)cc1-c1ccccc1.CS(=O)(=O)O. The highest BCUT2D eigenvalue weighted by molar-refractivity contribution is 7.85. The van der Waals surface area contributed by atoms with Gasteiger partial charge in [-0.2, -0.15) is 8.42 Å². The summed E-state index contributed by atoms with van der Waals surface area (Å²) in [6.07, 6.45) is 2.75. The number of rotatable bonds is 8. The third kappa shape index (κ3) is 7.98. The molecule has 0 saturated heterocycles. The number of hydrogen-bond acceptors (Lipinski definition) is 5. The van der Waals surface area contributed by atoms with E-state index in [1.54, 1.807) is 0 Å². The third-order valence-electron chi connectivity index (χ3n) is 4.33. The van der Waals surface area contributed by atoms with E-state index < -0.39 is 10.1 Å². The Balaban J connectivity index is 0.000000575. The minimum atomic E-state index is -3.67. The Morgan fingerprint density at radius 1 is 1.00 bits per heavy atom. The van der Waals surface area contributed by atoms with Crippen molar-refractivity contribution in [1.82, 2.24) is 14.7 Å². The first-order valence-corrected chi connectivity index (χ1v) is 11.6. The topological polar surface area (TPSA) is 84.7 Å². The van der Waals surface area contributed by atoms with E-state index in [4.69, 9.17) is 9.29 Å². The lowest BCUT2D eigenvalue weighted by Crippen LogP contribution is -2.28. The van der Waals surface area contributed by atoms with E-state index in [0.717, 1.165) is 36.4 Å². The predicted molar refractivity (Wildman–Crippen MR) is 120 cm³/mol. The van der Waals surface area contributed by atoms with Gasteiger partial charge in [0, 0.05) is 12.7 Å². The Morgan fingerprint density at radius 2 is 1.53 bits per heavy atom. The second-order valence-corrected chi connectivity index (χ2v) is 8.07. The minimum absolute atomic E-state index is 0.632. The molecule has 0 aliphatic carbocycles. The Labute approximate surface area is 178 Å². The Kier molecular flexibility index (Phi) is 9.04. The van der Waals surface area contributed by atoms with Crippen molar-refractivity contribution in [2.45, 2.75) is 13.8 Å². The van der Waals surface area contributed by atoms with Crippen molar-refractivity contribution in [3.63, 3.8) is 0 Å². The van der Waals surface area contributed by atoms with Gasteiger partial charge in [0.25, 0.3) is 10.1 Å². The zero-order valence-corrected chi connectivity index (χ0v) is 18.4. The molecule has 0 radical (unpaired) electrons. The molecule has 0 saturated carbocycles. The van der Waals surface area contributed by atoms with Gasteiger partial charge in [0.05, 0.1) is 17.5 Å². The van der Waals surface area contributed by atoms with Crippen LogP contribution in [0, 0.1) is 0 Å². The molecule has 162 valence electrons. The zero-order valence-electron chi connectivity index (χ0n) is 17.6. The van der Waals surface area contributed by atoms with Crippen LogP contribution in [-0.4, -0.2) is 60.1 Å². The molecule has 0 bridgehead atoms. The Morgan fingerprint density at radius 3 is 2.07 bits per heavy atom. The first kappa shape index (κ1) is 23.6. The van der Waals surface area contributed by atoms with Crippen LogP contribution in [0.15, 0.2) is 66.9 Å². The molecule has 0 fully saturated rings. The van der Waals surface area contributed by atoms with Gasteiger partial charge in [-0.25, -0.2) is 4.68 Å². The highest BCUT2D eigenvalue weighted by atomic mass is 32.2. The van der Waals surface area contributed by atoms with E-state index in [9.17, 15) is 8.42 Å². The summed E-state index contributed by atoms with van der Waals surface area (Å²) in [6.45, 7) is 7.94. The van der Waals surface area contributed by atoms with Crippen LogP contribution in [0.1, 0.15) is 13.8 Å². The quantitative estimate of drug-likeness (QED) is 0.547.